The fraction of sp³-hybridized carbons (Fsp3) is 0.737. The summed E-state index contributed by atoms with van der Waals surface area (Å²) in [7, 11) is -2.21. The molecule has 0 fully saturated rings. The van der Waals surface area contributed by atoms with Crippen LogP contribution in [0.15, 0.2) is 12.2 Å². The molecule has 0 amide bonds. The van der Waals surface area contributed by atoms with Gasteiger partial charge in [0, 0.05) is 18.4 Å². The molecule has 0 aliphatic carbocycles. The van der Waals surface area contributed by atoms with Gasteiger partial charge in [-0.2, -0.15) is 0 Å². The van der Waals surface area contributed by atoms with E-state index in [9.17, 15) is 14.4 Å². The second kappa shape index (κ2) is 11.5. The van der Waals surface area contributed by atoms with Crippen molar-refractivity contribution in [3.8, 4) is 0 Å². The minimum atomic E-state index is -2.21. The van der Waals surface area contributed by atoms with Crippen molar-refractivity contribution in [2.75, 3.05) is 19.4 Å². The fourth-order valence-electron chi connectivity index (χ4n) is 3.01. The minimum Gasteiger partial charge on any atom is -0.465 e. The number of hydrogen-bond donors (Lipinski definition) is 2. The molecule has 0 aromatic heterocycles. The molecule has 0 aromatic carbocycles. The van der Waals surface area contributed by atoms with Crippen LogP contribution >= 0.6 is 8.38 Å². The summed E-state index contributed by atoms with van der Waals surface area (Å²) in [6.45, 7) is 13.1. The van der Waals surface area contributed by atoms with Gasteiger partial charge in [-0.3, -0.25) is 9.59 Å². The molecular formula is C19H33O7P. The zero-order valence-electron chi connectivity index (χ0n) is 17.0. The second-order valence-electron chi connectivity index (χ2n) is 8.43. The highest BCUT2D eigenvalue weighted by Crippen LogP contribution is 2.37. The largest absolute Gasteiger partial charge is 0.465 e. The first-order valence-electron chi connectivity index (χ1n) is 8.89. The van der Waals surface area contributed by atoms with Gasteiger partial charge < -0.3 is 19.3 Å². The van der Waals surface area contributed by atoms with E-state index < -0.39 is 14.3 Å². The van der Waals surface area contributed by atoms with Crippen molar-refractivity contribution >= 4 is 26.1 Å². The van der Waals surface area contributed by atoms with Gasteiger partial charge >= 0.3 is 11.9 Å². The van der Waals surface area contributed by atoms with Gasteiger partial charge in [-0.1, -0.05) is 34.3 Å². The Morgan fingerprint density at radius 2 is 1.63 bits per heavy atom. The Morgan fingerprint density at radius 3 is 2.15 bits per heavy atom. The zero-order chi connectivity index (χ0) is 21.3. The summed E-state index contributed by atoms with van der Waals surface area (Å²) >= 11 is 0. The third kappa shape index (κ3) is 13.5. The van der Waals surface area contributed by atoms with E-state index in [4.69, 9.17) is 19.3 Å². The molecule has 0 unspecified atom stereocenters. The third-order valence-corrected chi connectivity index (χ3v) is 4.32. The molecule has 27 heavy (non-hydrogen) atoms. The summed E-state index contributed by atoms with van der Waals surface area (Å²) in [4.78, 5) is 52.8. The van der Waals surface area contributed by atoms with E-state index in [2.05, 4.69) is 6.58 Å². The maximum absolute atomic E-state index is 11.8. The minimum absolute atomic E-state index is 0.136. The predicted molar refractivity (Wildman–Crippen MR) is 104 cm³/mol. The summed E-state index contributed by atoms with van der Waals surface area (Å²) in [6, 6.07) is 0. The lowest BCUT2D eigenvalue weighted by molar-refractivity contribution is -0.149. The molecule has 0 aromatic rings. The molecule has 2 N–H and O–H groups in total. The molecule has 0 bridgehead atoms. The average molecular weight is 404 g/mol. The van der Waals surface area contributed by atoms with Crippen molar-refractivity contribution in [2.24, 2.45) is 10.8 Å². The average Bonchev–Trinajstić information content (AvgIpc) is 2.46. The fourth-order valence-corrected chi connectivity index (χ4v) is 3.44. The maximum Gasteiger partial charge on any atom is 0.333 e. The van der Waals surface area contributed by atoms with Crippen molar-refractivity contribution in [1.29, 1.82) is 0 Å². The summed E-state index contributed by atoms with van der Waals surface area (Å²) < 4.78 is 10.2. The summed E-state index contributed by atoms with van der Waals surface area (Å²) in [5.74, 6) is -1.03. The molecule has 0 saturated heterocycles. The quantitative estimate of drug-likeness (QED) is 0.210. The number of rotatable bonds is 13. The van der Waals surface area contributed by atoms with Gasteiger partial charge in [-0.25, -0.2) is 4.79 Å². The molecule has 0 saturated carbocycles. The summed E-state index contributed by atoms with van der Waals surface area (Å²) in [6.07, 6.45) is 1.17. The Morgan fingerprint density at radius 1 is 1.04 bits per heavy atom. The molecule has 0 heterocycles. The monoisotopic (exact) mass is 404 g/mol. The molecule has 8 heteroatoms. The summed E-state index contributed by atoms with van der Waals surface area (Å²) in [5.41, 5.74) is -0.376. The number of hydrogen-bond acceptors (Lipinski definition) is 7. The SMILES string of the molecule is C=C(C)C(=O)OCCCC(=O)OCC(C)(C)CC(C)(C)CC(=O)CP(O)O. The van der Waals surface area contributed by atoms with Crippen LogP contribution in [-0.2, 0) is 23.9 Å². The van der Waals surface area contributed by atoms with Gasteiger partial charge in [-0.15, -0.1) is 0 Å². The molecule has 0 aliphatic rings. The number of Topliss-reactive ketones (excluding diaryl/α,β-unsaturated/α-hetero) is 1. The highest BCUT2D eigenvalue weighted by molar-refractivity contribution is 7.46. The van der Waals surface area contributed by atoms with Crippen molar-refractivity contribution in [1.82, 2.24) is 0 Å². The number of carbonyl (C=O) groups excluding carboxylic acids is 3. The van der Waals surface area contributed by atoms with Crippen LogP contribution in [0.2, 0.25) is 0 Å². The van der Waals surface area contributed by atoms with Crippen molar-refractivity contribution in [3.05, 3.63) is 12.2 Å². The van der Waals surface area contributed by atoms with E-state index in [0.717, 1.165) is 0 Å². The van der Waals surface area contributed by atoms with Gasteiger partial charge in [0.05, 0.1) is 19.4 Å². The van der Waals surface area contributed by atoms with Crippen LogP contribution in [0.3, 0.4) is 0 Å². The van der Waals surface area contributed by atoms with Crippen LogP contribution in [0.5, 0.6) is 0 Å². The topological polar surface area (TPSA) is 110 Å². The predicted octanol–water partition coefficient (Wildman–Crippen LogP) is 3.13. The van der Waals surface area contributed by atoms with E-state index in [0.29, 0.717) is 18.4 Å². The van der Waals surface area contributed by atoms with Crippen molar-refractivity contribution in [2.45, 2.75) is 60.3 Å². The van der Waals surface area contributed by atoms with Gasteiger partial charge in [0.1, 0.15) is 5.78 Å². The summed E-state index contributed by atoms with van der Waals surface area (Å²) in [5, 5.41) is 0. The lowest BCUT2D eigenvalue weighted by Gasteiger charge is -2.34. The van der Waals surface area contributed by atoms with Crippen LogP contribution in [0.4, 0.5) is 0 Å². The first kappa shape index (κ1) is 25.7. The number of ether oxygens (including phenoxy) is 2. The Bertz CT molecular complexity index is 538. The van der Waals surface area contributed by atoms with Crippen LogP contribution < -0.4 is 0 Å². The highest BCUT2D eigenvalue weighted by atomic mass is 31.2. The highest BCUT2D eigenvalue weighted by Gasteiger charge is 2.32. The standard InChI is InChI=1S/C19H33O7P/c1-14(2)17(22)25-9-7-8-16(21)26-13-19(5,6)12-18(3,4)10-15(20)11-27(23)24/h23-24H,1,7-13H2,2-6H3. The second-order valence-corrected chi connectivity index (χ2v) is 9.49. The van der Waals surface area contributed by atoms with E-state index in [-0.39, 0.29) is 54.8 Å². The first-order valence-corrected chi connectivity index (χ1v) is 10.3. The molecular weight excluding hydrogens is 371 g/mol. The molecule has 0 spiro atoms. The smallest absolute Gasteiger partial charge is 0.333 e. The van der Waals surface area contributed by atoms with Crippen molar-refractivity contribution < 1.29 is 33.6 Å². The van der Waals surface area contributed by atoms with Crippen LogP contribution in [0.1, 0.15) is 60.3 Å². The molecule has 0 atom stereocenters. The van der Waals surface area contributed by atoms with Gasteiger partial charge in [-0.05, 0) is 30.6 Å². The lowest BCUT2D eigenvalue weighted by Crippen LogP contribution is -2.30. The van der Waals surface area contributed by atoms with Crippen LogP contribution in [0, 0.1) is 10.8 Å². The van der Waals surface area contributed by atoms with Crippen LogP contribution in [-0.4, -0.2) is 46.9 Å². The molecule has 0 radical (unpaired) electrons. The zero-order valence-corrected chi connectivity index (χ0v) is 17.9. The normalized spacial score (nSPS) is 12.0. The van der Waals surface area contributed by atoms with E-state index in [1.54, 1.807) is 6.92 Å². The third-order valence-electron chi connectivity index (χ3n) is 3.68. The maximum atomic E-state index is 11.8. The van der Waals surface area contributed by atoms with Gasteiger partial charge in [0.25, 0.3) is 0 Å². The Balaban J connectivity index is 4.26. The lowest BCUT2D eigenvalue weighted by atomic mass is 9.73. The molecule has 0 rings (SSSR count). The van der Waals surface area contributed by atoms with Gasteiger partial charge in [0.2, 0.25) is 0 Å². The Labute approximate surface area is 163 Å². The number of carbonyl (C=O) groups is 3. The number of ketones is 1. The van der Waals surface area contributed by atoms with E-state index in [1.165, 1.54) is 0 Å². The molecule has 0 aliphatic heterocycles. The number of esters is 2. The first-order chi connectivity index (χ1) is 12.2. The van der Waals surface area contributed by atoms with Crippen molar-refractivity contribution in [3.63, 3.8) is 0 Å². The van der Waals surface area contributed by atoms with Crippen LogP contribution in [0.25, 0.3) is 0 Å². The van der Waals surface area contributed by atoms with E-state index in [1.807, 2.05) is 27.7 Å². The molecule has 156 valence electrons. The Kier molecular flexibility index (Phi) is 11.0. The molecule has 7 nitrogen and oxygen atoms in total. The van der Waals surface area contributed by atoms with Gasteiger partial charge in [0.15, 0.2) is 8.38 Å². The Hall–Kier alpha value is -1.30. The van der Waals surface area contributed by atoms with E-state index >= 15 is 0 Å².